The lowest BCUT2D eigenvalue weighted by molar-refractivity contribution is 0.313. The van der Waals surface area contributed by atoms with Crippen LogP contribution in [0.4, 0.5) is 0 Å². The van der Waals surface area contributed by atoms with Gasteiger partial charge in [0.05, 0.1) is 6.61 Å². The van der Waals surface area contributed by atoms with Crippen molar-refractivity contribution in [3.8, 4) is 11.5 Å². The van der Waals surface area contributed by atoms with Crippen LogP contribution in [0.2, 0.25) is 0 Å². The number of benzene rings is 2. The molecule has 17 heavy (non-hydrogen) atoms. The van der Waals surface area contributed by atoms with Crippen LogP contribution >= 0.6 is 15.9 Å². The molecule has 3 heteroatoms. The second-order valence-corrected chi connectivity index (χ2v) is 4.67. The van der Waals surface area contributed by atoms with Crippen LogP contribution in [0.15, 0.2) is 36.4 Å². The normalized spacial score (nSPS) is 10.6. The van der Waals surface area contributed by atoms with E-state index >= 15 is 0 Å². The van der Waals surface area contributed by atoms with Crippen molar-refractivity contribution in [3.05, 3.63) is 36.4 Å². The van der Waals surface area contributed by atoms with Gasteiger partial charge in [0.1, 0.15) is 11.5 Å². The molecule has 0 bridgehead atoms. The summed E-state index contributed by atoms with van der Waals surface area (Å²) in [6.45, 7) is 0.709. The maximum atomic E-state index is 9.74. The van der Waals surface area contributed by atoms with Crippen LogP contribution in [0, 0.1) is 0 Å². The number of rotatable bonds is 5. The Morgan fingerprint density at radius 2 is 1.76 bits per heavy atom. The highest BCUT2D eigenvalue weighted by Gasteiger charge is 2.05. The summed E-state index contributed by atoms with van der Waals surface area (Å²) in [7, 11) is 0. The first kappa shape index (κ1) is 12.2. The van der Waals surface area contributed by atoms with Gasteiger partial charge in [-0.15, -0.1) is 0 Å². The van der Waals surface area contributed by atoms with Crippen molar-refractivity contribution in [2.75, 3.05) is 11.9 Å². The minimum absolute atomic E-state index is 0.299. The summed E-state index contributed by atoms with van der Waals surface area (Å²) in [6, 6.07) is 11.2. The molecule has 0 amide bonds. The van der Waals surface area contributed by atoms with Crippen LogP contribution in [-0.2, 0) is 0 Å². The molecule has 90 valence electrons. The van der Waals surface area contributed by atoms with Gasteiger partial charge in [-0.2, -0.15) is 0 Å². The lowest BCUT2D eigenvalue weighted by Crippen LogP contribution is -1.98. The van der Waals surface area contributed by atoms with Crippen molar-refractivity contribution in [2.24, 2.45) is 0 Å². The van der Waals surface area contributed by atoms with Gasteiger partial charge in [-0.1, -0.05) is 40.2 Å². The van der Waals surface area contributed by atoms with E-state index < -0.39 is 0 Å². The zero-order valence-corrected chi connectivity index (χ0v) is 11.1. The summed E-state index contributed by atoms with van der Waals surface area (Å²) >= 11 is 3.40. The van der Waals surface area contributed by atoms with E-state index in [-0.39, 0.29) is 0 Å². The standard InChI is InChI=1S/C14H15BrO2/c15-9-3-4-10-17-14-8-7-13(16)11-5-1-2-6-12(11)14/h1-2,5-8,16H,3-4,9-10H2. The van der Waals surface area contributed by atoms with Crippen LogP contribution in [0.1, 0.15) is 12.8 Å². The lowest BCUT2D eigenvalue weighted by Gasteiger charge is -2.09. The average Bonchev–Trinajstić information content (AvgIpc) is 2.37. The quantitative estimate of drug-likeness (QED) is 0.664. The molecular formula is C14H15BrO2. The first-order valence-corrected chi connectivity index (χ1v) is 6.84. The summed E-state index contributed by atoms with van der Waals surface area (Å²) in [5.74, 6) is 1.14. The first-order chi connectivity index (χ1) is 8.33. The van der Waals surface area contributed by atoms with Crippen LogP contribution in [0.3, 0.4) is 0 Å². The SMILES string of the molecule is Oc1ccc(OCCCCBr)c2ccccc12. The Labute approximate surface area is 109 Å². The van der Waals surface area contributed by atoms with Gasteiger partial charge in [-0.05, 0) is 25.0 Å². The van der Waals surface area contributed by atoms with Crippen molar-refractivity contribution in [1.29, 1.82) is 0 Å². The van der Waals surface area contributed by atoms with E-state index in [1.54, 1.807) is 6.07 Å². The Morgan fingerprint density at radius 3 is 2.53 bits per heavy atom. The van der Waals surface area contributed by atoms with Crippen LogP contribution in [0.5, 0.6) is 11.5 Å². The fraction of sp³-hybridized carbons (Fsp3) is 0.286. The Bertz CT molecular complexity index is 497. The van der Waals surface area contributed by atoms with E-state index in [2.05, 4.69) is 15.9 Å². The van der Waals surface area contributed by atoms with E-state index in [1.807, 2.05) is 30.3 Å². The van der Waals surface area contributed by atoms with Crippen molar-refractivity contribution in [3.63, 3.8) is 0 Å². The number of ether oxygens (including phenoxy) is 1. The highest BCUT2D eigenvalue weighted by atomic mass is 79.9. The number of phenols is 1. The molecule has 0 aliphatic carbocycles. The van der Waals surface area contributed by atoms with Gasteiger partial charge in [0.2, 0.25) is 0 Å². The molecular weight excluding hydrogens is 280 g/mol. The molecule has 0 radical (unpaired) electrons. The molecule has 0 saturated heterocycles. The van der Waals surface area contributed by atoms with E-state index in [0.717, 1.165) is 34.7 Å². The number of unbranched alkanes of at least 4 members (excludes halogenated alkanes) is 1. The average molecular weight is 295 g/mol. The summed E-state index contributed by atoms with van der Waals surface area (Å²) in [4.78, 5) is 0. The van der Waals surface area contributed by atoms with Gasteiger partial charge in [0, 0.05) is 16.1 Å². The molecule has 2 aromatic carbocycles. The number of hydrogen-bond donors (Lipinski definition) is 1. The Hall–Kier alpha value is -1.22. The van der Waals surface area contributed by atoms with Crippen molar-refractivity contribution in [2.45, 2.75) is 12.8 Å². The first-order valence-electron chi connectivity index (χ1n) is 5.72. The molecule has 2 nitrogen and oxygen atoms in total. The third-order valence-electron chi connectivity index (χ3n) is 2.65. The summed E-state index contributed by atoms with van der Waals surface area (Å²) < 4.78 is 5.74. The Balaban J connectivity index is 2.20. The van der Waals surface area contributed by atoms with Gasteiger partial charge in [-0.3, -0.25) is 0 Å². The largest absolute Gasteiger partial charge is 0.507 e. The van der Waals surface area contributed by atoms with E-state index in [1.165, 1.54) is 0 Å². The van der Waals surface area contributed by atoms with Crippen LogP contribution in [-0.4, -0.2) is 17.0 Å². The van der Waals surface area contributed by atoms with Gasteiger partial charge >= 0.3 is 0 Å². The molecule has 2 rings (SSSR count). The van der Waals surface area contributed by atoms with Crippen molar-refractivity contribution >= 4 is 26.7 Å². The Morgan fingerprint density at radius 1 is 1.00 bits per heavy atom. The molecule has 0 fully saturated rings. The minimum atomic E-state index is 0.299. The van der Waals surface area contributed by atoms with Gasteiger partial charge in [-0.25, -0.2) is 0 Å². The maximum absolute atomic E-state index is 9.74. The second-order valence-electron chi connectivity index (χ2n) is 3.87. The molecule has 1 N–H and O–H groups in total. The van der Waals surface area contributed by atoms with Crippen molar-refractivity contribution < 1.29 is 9.84 Å². The molecule has 0 aliphatic heterocycles. The fourth-order valence-corrected chi connectivity index (χ4v) is 2.16. The summed E-state index contributed by atoms with van der Waals surface area (Å²) in [6.07, 6.45) is 2.14. The number of hydrogen-bond acceptors (Lipinski definition) is 2. The zero-order chi connectivity index (χ0) is 12.1. The van der Waals surface area contributed by atoms with Gasteiger partial charge in [0.15, 0.2) is 0 Å². The molecule has 0 atom stereocenters. The summed E-state index contributed by atoms with van der Waals surface area (Å²) in [5.41, 5.74) is 0. The molecule has 0 aliphatic rings. The van der Waals surface area contributed by atoms with Crippen molar-refractivity contribution in [1.82, 2.24) is 0 Å². The smallest absolute Gasteiger partial charge is 0.127 e. The van der Waals surface area contributed by atoms with E-state index in [0.29, 0.717) is 12.4 Å². The highest BCUT2D eigenvalue weighted by molar-refractivity contribution is 9.09. The minimum Gasteiger partial charge on any atom is -0.507 e. The van der Waals surface area contributed by atoms with E-state index in [9.17, 15) is 5.11 Å². The molecule has 0 spiro atoms. The molecule has 0 aromatic heterocycles. The third kappa shape index (κ3) is 2.91. The fourth-order valence-electron chi connectivity index (χ4n) is 1.76. The second kappa shape index (κ2) is 5.92. The van der Waals surface area contributed by atoms with E-state index in [4.69, 9.17) is 4.74 Å². The molecule has 0 saturated carbocycles. The van der Waals surface area contributed by atoms with Gasteiger partial charge in [0.25, 0.3) is 0 Å². The maximum Gasteiger partial charge on any atom is 0.127 e. The topological polar surface area (TPSA) is 29.5 Å². The number of alkyl halides is 1. The monoisotopic (exact) mass is 294 g/mol. The number of aromatic hydroxyl groups is 1. The molecule has 0 unspecified atom stereocenters. The van der Waals surface area contributed by atoms with Crippen LogP contribution in [0.25, 0.3) is 10.8 Å². The molecule has 0 heterocycles. The molecule has 2 aromatic rings. The highest BCUT2D eigenvalue weighted by Crippen LogP contribution is 2.32. The van der Waals surface area contributed by atoms with Gasteiger partial charge < -0.3 is 9.84 Å². The lowest BCUT2D eigenvalue weighted by atomic mass is 10.1. The Kier molecular flexibility index (Phi) is 4.26. The zero-order valence-electron chi connectivity index (χ0n) is 9.53. The predicted molar refractivity (Wildman–Crippen MR) is 74.1 cm³/mol. The summed E-state index contributed by atoms with van der Waals surface area (Å²) in [5, 5.41) is 12.6. The van der Waals surface area contributed by atoms with Crippen LogP contribution < -0.4 is 4.74 Å². The number of fused-ring (bicyclic) bond motifs is 1. The third-order valence-corrected chi connectivity index (χ3v) is 3.21. The predicted octanol–water partition coefficient (Wildman–Crippen LogP) is 4.10. The number of phenolic OH excluding ortho intramolecular Hbond substituents is 1. The number of halogens is 1.